The molecule has 1 unspecified atom stereocenters. The van der Waals surface area contributed by atoms with E-state index in [1.165, 1.54) is 24.3 Å². The number of imide groups is 1. The molecule has 9 nitrogen and oxygen atoms in total. The first-order chi connectivity index (χ1) is 20.0. The largest absolute Gasteiger partial charge is 0.443 e. The van der Waals surface area contributed by atoms with Gasteiger partial charge >= 0.3 is 12.2 Å². The molecule has 0 aliphatic carbocycles. The number of nitrogens with zero attached hydrogens (tertiary/aromatic N) is 2. The van der Waals surface area contributed by atoms with Crippen molar-refractivity contribution in [3.63, 3.8) is 0 Å². The lowest BCUT2D eigenvalue weighted by atomic mass is 9.75. The fraction of sp³-hybridized carbons (Fsp3) is 0.312. The van der Waals surface area contributed by atoms with E-state index in [0.29, 0.717) is 10.6 Å². The van der Waals surface area contributed by atoms with Crippen LogP contribution in [0.25, 0.3) is 0 Å². The number of fused-ring (bicyclic) bond motifs is 1. The Morgan fingerprint density at radius 3 is 2.12 bits per heavy atom. The minimum Gasteiger partial charge on any atom is -0.443 e. The highest BCUT2D eigenvalue weighted by Gasteiger charge is 2.59. The Morgan fingerprint density at radius 1 is 0.907 bits per heavy atom. The van der Waals surface area contributed by atoms with Gasteiger partial charge in [-0.1, -0.05) is 66.2 Å². The highest BCUT2D eigenvalue weighted by atomic mass is 35.5. The van der Waals surface area contributed by atoms with Gasteiger partial charge in [-0.3, -0.25) is 14.5 Å². The first-order valence-corrected chi connectivity index (χ1v) is 13.9. The molecule has 0 bridgehead atoms. The predicted octanol–water partition coefficient (Wildman–Crippen LogP) is 6.58. The lowest BCUT2D eigenvalue weighted by Crippen LogP contribution is -2.68. The maximum Gasteiger partial charge on any atom is 0.431 e. The third-order valence-corrected chi connectivity index (χ3v) is 6.67. The summed E-state index contributed by atoms with van der Waals surface area (Å²) in [5.74, 6) is -2.32. The van der Waals surface area contributed by atoms with Gasteiger partial charge in [-0.25, -0.2) is 19.4 Å². The van der Waals surface area contributed by atoms with Gasteiger partial charge in [0.2, 0.25) is 0 Å². The summed E-state index contributed by atoms with van der Waals surface area (Å²) in [6, 6.07) is 18.4. The van der Waals surface area contributed by atoms with Crippen LogP contribution in [0.1, 0.15) is 68.6 Å². The molecule has 1 aliphatic rings. The zero-order chi connectivity index (χ0) is 31.7. The summed E-state index contributed by atoms with van der Waals surface area (Å²) in [4.78, 5) is 57.1. The Kier molecular flexibility index (Phi) is 8.56. The summed E-state index contributed by atoms with van der Waals surface area (Å²) in [7, 11) is 0. The van der Waals surface area contributed by atoms with Crippen molar-refractivity contribution in [3.05, 3.63) is 106 Å². The molecule has 1 N–H and O–H groups in total. The monoisotopic (exact) mass is 609 g/mol. The van der Waals surface area contributed by atoms with Gasteiger partial charge in [0, 0.05) is 11.1 Å². The van der Waals surface area contributed by atoms with Crippen LogP contribution in [0.4, 0.5) is 14.0 Å². The SMILES string of the molecule is CC(C)(C)OC(=O)NN(C(=O)OC(C)(C)C)C1(c2ccc(F)c(Cl)c2)C(=O)N(Cc2ccccc2)C(=O)c2ccccc21. The molecular weight excluding hydrogens is 577 g/mol. The van der Waals surface area contributed by atoms with E-state index in [1.807, 2.05) is 0 Å². The summed E-state index contributed by atoms with van der Waals surface area (Å²) >= 11 is 6.23. The van der Waals surface area contributed by atoms with E-state index in [4.69, 9.17) is 21.1 Å². The summed E-state index contributed by atoms with van der Waals surface area (Å²) in [6.07, 6.45) is -2.22. The van der Waals surface area contributed by atoms with Crippen LogP contribution >= 0.6 is 11.6 Å². The molecule has 0 spiro atoms. The fourth-order valence-electron chi connectivity index (χ4n) is 4.75. The molecule has 0 radical (unpaired) electrons. The number of hydrogen-bond donors (Lipinski definition) is 1. The van der Waals surface area contributed by atoms with E-state index in [0.717, 1.165) is 11.0 Å². The fourth-order valence-corrected chi connectivity index (χ4v) is 4.93. The molecule has 3 aromatic carbocycles. The quantitative estimate of drug-likeness (QED) is 0.265. The van der Waals surface area contributed by atoms with Crippen molar-refractivity contribution >= 4 is 35.6 Å². The van der Waals surface area contributed by atoms with Crippen molar-refractivity contribution in [3.8, 4) is 0 Å². The highest BCUT2D eigenvalue weighted by molar-refractivity contribution is 6.31. The smallest absolute Gasteiger partial charge is 0.431 e. The number of nitrogens with one attached hydrogen (secondary N) is 1. The molecule has 1 atom stereocenters. The minimum atomic E-state index is -2.30. The number of benzene rings is 3. The van der Waals surface area contributed by atoms with Crippen LogP contribution in [-0.4, -0.2) is 45.1 Å². The minimum absolute atomic E-state index is 0.0103. The van der Waals surface area contributed by atoms with Crippen molar-refractivity contribution in [1.82, 2.24) is 15.3 Å². The van der Waals surface area contributed by atoms with Crippen molar-refractivity contribution in [2.24, 2.45) is 0 Å². The molecule has 1 aliphatic heterocycles. The van der Waals surface area contributed by atoms with Gasteiger partial charge in [0.15, 0.2) is 5.54 Å². The molecule has 1 heterocycles. The molecule has 3 aromatic rings. The van der Waals surface area contributed by atoms with Gasteiger partial charge in [-0.05, 0) is 70.9 Å². The molecule has 0 saturated heterocycles. The average molecular weight is 610 g/mol. The van der Waals surface area contributed by atoms with E-state index in [9.17, 15) is 23.6 Å². The number of amides is 4. The van der Waals surface area contributed by atoms with Gasteiger partial charge in [0.1, 0.15) is 17.0 Å². The van der Waals surface area contributed by atoms with Crippen molar-refractivity contribution < 1.29 is 33.0 Å². The van der Waals surface area contributed by atoms with E-state index < -0.39 is 46.6 Å². The maximum absolute atomic E-state index is 14.9. The molecule has 43 heavy (non-hydrogen) atoms. The van der Waals surface area contributed by atoms with Crippen LogP contribution in [0, 0.1) is 5.82 Å². The lowest BCUT2D eigenvalue weighted by Gasteiger charge is -2.47. The molecule has 11 heteroatoms. The lowest BCUT2D eigenvalue weighted by molar-refractivity contribution is -0.143. The third-order valence-electron chi connectivity index (χ3n) is 6.38. The summed E-state index contributed by atoms with van der Waals surface area (Å²) in [5.41, 5.74) is -1.23. The number of carbonyl (C=O) groups excluding carboxylic acids is 4. The second-order valence-electron chi connectivity index (χ2n) is 12.0. The number of hydrazine groups is 1. The van der Waals surface area contributed by atoms with E-state index in [-0.39, 0.29) is 28.3 Å². The first-order valence-electron chi connectivity index (χ1n) is 13.5. The van der Waals surface area contributed by atoms with Crippen LogP contribution < -0.4 is 5.43 Å². The Balaban J connectivity index is 2.07. The second-order valence-corrected chi connectivity index (χ2v) is 12.4. The Hall–Kier alpha value is -4.44. The molecule has 4 amide bonds. The maximum atomic E-state index is 14.9. The highest BCUT2D eigenvalue weighted by Crippen LogP contribution is 2.44. The standard InChI is InChI=1S/C32H33ClFN3O6/c1-30(2,3)42-28(40)35-37(29(41)43-31(4,5)6)32(21-16-17-25(34)24(33)18-21)23-15-11-10-14-22(23)26(38)36(27(32)39)19-20-12-8-7-9-13-20/h7-18H,19H2,1-6H3,(H,35,40). The molecule has 226 valence electrons. The summed E-state index contributed by atoms with van der Waals surface area (Å²) in [6.45, 7) is 9.54. The van der Waals surface area contributed by atoms with Crippen LogP contribution in [-0.2, 0) is 26.4 Å². The van der Waals surface area contributed by atoms with Gasteiger partial charge in [-0.2, -0.15) is 5.01 Å². The van der Waals surface area contributed by atoms with Crippen LogP contribution in [0.5, 0.6) is 0 Å². The van der Waals surface area contributed by atoms with Gasteiger partial charge in [0.05, 0.1) is 11.6 Å². The van der Waals surface area contributed by atoms with E-state index >= 15 is 0 Å². The molecular formula is C32H33ClFN3O6. The van der Waals surface area contributed by atoms with E-state index in [2.05, 4.69) is 5.43 Å². The van der Waals surface area contributed by atoms with Crippen LogP contribution in [0.15, 0.2) is 72.8 Å². The summed E-state index contributed by atoms with van der Waals surface area (Å²) < 4.78 is 25.6. The number of ether oxygens (including phenoxy) is 2. The van der Waals surface area contributed by atoms with Crippen LogP contribution in [0.3, 0.4) is 0 Å². The van der Waals surface area contributed by atoms with Crippen LogP contribution in [0.2, 0.25) is 5.02 Å². The average Bonchev–Trinajstić information content (AvgIpc) is 2.91. The molecule has 0 saturated carbocycles. The zero-order valence-corrected chi connectivity index (χ0v) is 25.5. The number of halogens is 2. The zero-order valence-electron chi connectivity index (χ0n) is 24.7. The van der Waals surface area contributed by atoms with Crippen molar-refractivity contribution in [2.45, 2.75) is 64.8 Å². The molecule has 4 rings (SSSR count). The Bertz CT molecular complexity index is 1570. The molecule has 0 aromatic heterocycles. The predicted molar refractivity (Wildman–Crippen MR) is 157 cm³/mol. The Morgan fingerprint density at radius 2 is 1.51 bits per heavy atom. The number of carbonyl (C=O) groups is 4. The van der Waals surface area contributed by atoms with Gasteiger partial charge < -0.3 is 9.47 Å². The Labute approximate surface area is 254 Å². The normalized spacial score (nSPS) is 16.8. The second kappa shape index (κ2) is 11.7. The first kappa shape index (κ1) is 31.5. The topological polar surface area (TPSA) is 105 Å². The molecule has 0 fully saturated rings. The summed E-state index contributed by atoms with van der Waals surface area (Å²) in [5, 5.41) is 0.344. The number of rotatable bonds is 4. The van der Waals surface area contributed by atoms with Gasteiger partial charge in [0.25, 0.3) is 11.8 Å². The third kappa shape index (κ3) is 6.49. The van der Waals surface area contributed by atoms with Crippen molar-refractivity contribution in [2.75, 3.05) is 0 Å². The van der Waals surface area contributed by atoms with Gasteiger partial charge in [-0.15, -0.1) is 0 Å². The number of hydrogen-bond acceptors (Lipinski definition) is 6. The van der Waals surface area contributed by atoms with E-state index in [1.54, 1.807) is 84.0 Å². The van der Waals surface area contributed by atoms with Crippen molar-refractivity contribution in [1.29, 1.82) is 0 Å².